The Morgan fingerprint density at radius 3 is 2.65 bits per heavy atom. The topological polar surface area (TPSA) is 148 Å². The highest BCUT2D eigenvalue weighted by molar-refractivity contribution is 5.69. The maximum Gasteiger partial charge on any atom is 0.330 e. The first-order chi connectivity index (χ1) is 16.5. The van der Waals surface area contributed by atoms with Crippen molar-refractivity contribution in [2.75, 3.05) is 19.8 Å². The Balaban J connectivity index is 1.67. The van der Waals surface area contributed by atoms with Gasteiger partial charge in [-0.2, -0.15) is 0 Å². The number of hydrogen-bond donors (Lipinski definition) is 1. The minimum atomic E-state index is -0.724. The summed E-state index contributed by atoms with van der Waals surface area (Å²) in [5.74, 6) is -0.331. The van der Waals surface area contributed by atoms with E-state index in [1.165, 1.54) is 23.6 Å². The lowest BCUT2D eigenvalue weighted by atomic mass is 10.1. The van der Waals surface area contributed by atoms with Gasteiger partial charge in [0.2, 0.25) is 0 Å². The fourth-order valence-corrected chi connectivity index (χ4v) is 3.83. The Bertz CT molecular complexity index is 923. The molecule has 34 heavy (non-hydrogen) atoms. The van der Waals surface area contributed by atoms with Gasteiger partial charge in [-0.3, -0.25) is 19.1 Å². The van der Waals surface area contributed by atoms with E-state index >= 15 is 0 Å². The lowest BCUT2D eigenvalue weighted by molar-refractivity contribution is -0.148. The number of azide groups is 1. The summed E-state index contributed by atoms with van der Waals surface area (Å²) in [6.07, 6.45) is 8.97. The molecule has 0 amide bonds. The Labute approximate surface area is 199 Å². The SMILES string of the molecule is CCCCCOCCCCCCCC(=O)OC[C@H]1O[C@@H](n2cc(C)c(=O)[nH]c2=O)C[C@@H]1N=[N+]=[N-]. The van der Waals surface area contributed by atoms with Crippen molar-refractivity contribution in [2.24, 2.45) is 5.11 Å². The number of unbranched alkanes of at least 4 members (excludes halogenated alkanes) is 6. The summed E-state index contributed by atoms with van der Waals surface area (Å²) in [6, 6.07) is -0.592. The van der Waals surface area contributed by atoms with Crippen molar-refractivity contribution in [3.05, 3.63) is 43.0 Å². The summed E-state index contributed by atoms with van der Waals surface area (Å²) in [7, 11) is 0. The maximum absolute atomic E-state index is 12.1. The second-order valence-electron chi connectivity index (χ2n) is 8.64. The Hall–Kier alpha value is -2.62. The number of nitrogens with one attached hydrogen (secondary N) is 1. The second kappa shape index (κ2) is 15.3. The zero-order chi connectivity index (χ0) is 24.8. The average molecular weight is 480 g/mol. The van der Waals surface area contributed by atoms with E-state index in [1.807, 2.05) is 0 Å². The summed E-state index contributed by atoms with van der Waals surface area (Å²) >= 11 is 0. The standard InChI is InChI=1S/C23H37N5O6/c1-3-4-9-12-32-13-10-7-5-6-8-11-21(29)33-16-19-18(26-27-24)14-20(34-19)28-15-17(2)22(30)25-23(28)31/h15,18-20H,3-14,16H2,1-2H3,(H,25,30,31)/t18-,19+,20+/m0/s1. The summed E-state index contributed by atoms with van der Waals surface area (Å²) in [4.78, 5) is 40.9. The van der Waals surface area contributed by atoms with Crippen LogP contribution in [0.1, 0.15) is 82.9 Å². The van der Waals surface area contributed by atoms with Gasteiger partial charge in [0, 0.05) is 42.7 Å². The molecule has 0 aliphatic carbocycles. The Morgan fingerprint density at radius 1 is 1.21 bits per heavy atom. The van der Waals surface area contributed by atoms with Gasteiger partial charge in [-0.05, 0) is 31.7 Å². The summed E-state index contributed by atoms with van der Waals surface area (Å²) in [5, 5.41) is 3.73. The first-order valence-electron chi connectivity index (χ1n) is 12.2. The van der Waals surface area contributed by atoms with Gasteiger partial charge >= 0.3 is 11.7 Å². The fourth-order valence-electron chi connectivity index (χ4n) is 3.83. The number of esters is 1. The van der Waals surface area contributed by atoms with Gasteiger partial charge in [0.05, 0.1) is 6.04 Å². The highest BCUT2D eigenvalue weighted by Crippen LogP contribution is 2.30. The first-order valence-corrected chi connectivity index (χ1v) is 12.2. The predicted octanol–water partition coefficient (Wildman–Crippen LogP) is 3.90. The van der Waals surface area contributed by atoms with E-state index in [4.69, 9.17) is 19.7 Å². The number of aromatic amines is 1. The summed E-state index contributed by atoms with van der Waals surface area (Å²) in [6.45, 7) is 5.33. The number of rotatable bonds is 16. The lowest BCUT2D eigenvalue weighted by Crippen LogP contribution is -2.33. The molecule has 1 aromatic rings. The van der Waals surface area contributed by atoms with Crippen LogP contribution in [0.15, 0.2) is 20.9 Å². The van der Waals surface area contributed by atoms with E-state index in [1.54, 1.807) is 6.92 Å². The molecule has 1 aromatic heterocycles. The molecule has 0 radical (unpaired) electrons. The molecule has 2 rings (SSSR count). The second-order valence-corrected chi connectivity index (χ2v) is 8.64. The third-order valence-electron chi connectivity index (χ3n) is 5.83. The highest BCUT2D eigenvalue weighted by atomic mass is 16.6. The highest BCUT2D eigenvalue weighted by Gasteiger charge is 2.37. The minimum absolute atomic E-state index is 0.0640. The molecular formula is C23H37N5O6. The largest absolute Gasteiger partial charge is 0.463 e. The molecule has 1 saturated heterocycles. The van der Waals surface area contributed by atoms with Crippen molar-refractivity contribution in [1.29, 1.82) is 0 Å². The van der Waals surface area contributed by atoms with E-state index in [2.05, 4.69) is 21.9 Å². The molecular weight excluding hydrogens is 442 g/mol. The molecule has 2 heterocycles. The van der Waals surface area contributed by atoms with Crippen molar-refractivity contribution < 1.29 is 19.0 Å². The van der Waals surface area contributed by atoms with Crippen LogP contribution in [-0.2, 0) is 19.0 Å². The van der Waals surface area contributed by atoms with Crippen molar-refractivity contribution in [3.63, 3.8) is 0 Å². The number of H-pyrrole nitrogens is 1. The van der Waals surface area contributed by atoms with Gasteiger partial charge in [0.25, 0.3) is 5.56 Å². The zero-order valence-corrected chi connectivity index (χ0v) is 20.2. The molecule has 1 aliphatic heterocycles. The number of nitrogens with zero attached hydrogens (tertiary/aromatic N) is 4. The number of ether oxygens (including phenoxy) is 3. The van der Waals surface area contributed by atoms with Crippen LogP contribution in [0.5, 0.6) is 0 Å². The van der Waals surface area contributed by atoms with Gasteiger partial charge in [0.15, 0.2) is 0 Å². The Morgan fingerprint density at radius 2 is 1.91 bits per heavy atom. The van der Waals surface area contributed by atoms with Crippen LogP contribution in [0.4, 0.5) is 0 Å². The van der Waals surface area contributed by atoms with Crippen molar-refractivity contribution >= 4 is 5.97 Å². The van der Waals surface area contributed by atoms with Gasteiger partial charge < -0.3 is 14.2 Å². The molecule has 11 nitrogen and oxygen atoms in total. The monoisotopic (exact) mass is 479 g/mol. The van der Waals surface area contributed by atoms with E-state index in [0.29, 0.717) is 12.0 Å². The Kier molecular flexibility index (Phi) is 12.4. The zero-order valence-electron chi connectivity index (χ0n) is 20.2. The number of aryl methyl sites for hydroxylation is 1. The predicted molar refractivity (Wildman–Crippen MR) is 127 cm³/mol. The van der Waals surface area contributed by atoms with Crippen LogP contribution in [0, 0.1) is 6.92 Å². The van der Waals surface area contributed by atoms with Crippen LogP contribution in [-0.4, -0.2) is 47.5 Å². The first kappa shape index (κ1) is 27.6. The molecule has 1 fully saturated rings. The van der Waals surface area contributed by atoms with Crippen LogP contribution < -0.4 is 11.2 Å². The molecule has 0 aromatic carbocycles. The van der Waals surface area contributed by atoms with E-state index in [9.17, 15) is 14.4 Å². The lowest BCUT2D eigenvalue weighted by Gasteiger charge is -2.17. The van der Waals surface area contributed by atoms with Crippen LogP contribution in [0.3, 0.4) is 0 Å². The van der Waals surface area contributed by atoms with Gasteiger partial charge in [-0.1, -0.05) is 44.1 Å². The normalized spacial score (nSPS) is 19.6. The van der Waals surface area contributed by atoms with Gasteiger partial charge in [-0.25, -0.2) is 4.79 Å². The molecule has 11 heteroatoms. The minimum Gasteiger partial charge on any atom is -0.463 e. The molecule has 190 valence electrons. The van der Waals surface area contributed by atoms with Crippen LogP contribution in [0.25, 0.3) is 10.4 Å². The van der Waals surface area contributed by atoms with Crippen molar-refractivity contribution in [2.45, 2.75) is 96.4 Å². The van der Waals surface area contributed by atoms with E-state index in [0.717, 1.165) is 51.7 Å². The number of carbonyl (C=O) groups is 1. The summed E-state index contributed by atoms with van der Waals surface area (Å²) in [5.41, 5.74) is 8.14. The fraction of sp³-hybridized carbons (Fsp3) is 0.783. The maximum atomic E-state index is 12.1. The molecule has 0 saturated carbocycles. The van der Waals surface area contributed by atoms with E-state index in [-0.39, 0.29) is 19.0 Å². The molecule has 3 atom stereocenters. The third kappa shape index (κ3) is 9.32. The molecule has 0 bridgehead atoms. The number of hydrogen-bond acceptors (Lipinski definition) is 7. The molecule has 1 N–H and O–H groups in total. The third-order valence-corrected chi connectivity index (χ3v) is 5.83. The van der Waals surface area contributed by atoms with Gasteiger partial charge in [0.1, 0.15) is 18.9 Å². The summed E-state index contributed by atoms with van der Waals surface area (Å²) < 4.78 is 18.0. The molecule has 1 aliphatic rings. The number of carbonyl (C=O) groups excluding carboxylic acids is 1. The van der Waals surface area contributed by atoms with Crippen LogP contribution >= 0.6 is 0 Å². The molecule has 0 spiro atoms. The van der Waals surface area contributed by atoms with Crippen molar-refractivity contribution in [1.82, 2.24) is 9.55 Å². The smallest absolute Gasteiger partial charge is 0.330 e. The average Bonchev–Trinajstić information content (AvgIpc) is 3.21. The quantitative estimate of drug-likeness (QED) is 0.125. The number of aromatic nitrogens is 2. The van der Waals surface area contributed by atoms with Crippen molar-refractivity contribution in [3.8, 4) is 0 Å². The van der Waals surface area contributed by atoms with E-state index < -0.39 is 29.6 Å². The molecule has 0 unspecified atom stereocenters. The van der Waals surface area contributed by atoms with Gasteiger partial charge in [-0.15, -0.1) is 0 Å². The van der Waals surface area contributed by atoms with Crippen LogP contribution in [0.2, 0.25) is 0 Å².